The molecule has 1 aromatic carbocycles. The number of rotatable bonds is 11. The van der Waals surface area contributed by atoms with Crippen molar-refractivity contribution in [2.45, 2.75) is 36.3 Å². The van der Waals surface area contributed by atoms with E-state index in [2.05, 4.69) is 10.1 Å². The molecule has 1 saturated heterocycles. The molecular formula is C21H24N5O8PS. The van der Waals surface area contributed by atoms with Crippen molar-refractivity contribution in [1.29, 1.82) is 0 Å². The fourth-order valence-electron chi connectivity index (χ4n) is 3.49. The number of aromatic nitrogens is 2. The van der Waals surface area contributed by atoms with Crippen LogP contribution in [-0.4, -0.2) is 37.5 Å². The van der Waals surface area contributed by atoms with Gasteiger partial charge in [-0.25, -0.2) is 14.4 Å². The Morgan fingerprint density at radius 3 is 2.75 bits per heavy atom. The van der Waals surface area contributed by atoms with Crippen LogP contribution in [0, 0.1) is 10.1 Å². The van der Waals surface area contributed by atoms with E-state index in [1.165, 1.54) is 40.7 Å². The van der Waals surface area contributed by atoms with E-state index in [9.17, 15) is 24.6 Å². The molecule has 36 heavy (non-hydrogen) atoms. The van der Waals surface area contributed by atoms with Crippen molar-refractivity contribution in [2.75, 3.05) is 12.3 Å². The van der Waals surface area contributed by atoms with Crippen LogP contribution in [0.3, 0.4) is 0 Å². The monoisotopic (exact) mass is 537 g/mol. The average molecular weight is 537 g/mol. The lowest BCUT2D eigenvalue weighted by molar-refractivity contribution is -0.402. The van der Waals surface area contributed by atoms with E-state index in [0.29, 0.717) is 0 Å². The highest BCUT2D eigenvalue weighted by Gasteiger charge is 2.37. The van der Waals surface area contributed by atoms with Gasteiger partial charge in [-0.3, -0.25) is 23.7 Å². The number of nitrogens with one attached hydrogen (secondary N) is 1. The Morgan fingerprint density at radius 1 is 1.28 bits per heavy atom. The minimum absolute atomic E-state index is 0.0627. The summed E-state index contributed by atoms with van der Waals surface area (Å²) in [5.41, 5.74) is 5.78. The van der Waals surface area contributed by atoms with Gasteiger partial charge in [0.15, 0.2) is 0 Å². The fraction of sp³-hybridized carbons (Fsp3) is 0.333. The highest BCUT2D eigenvalue weighted by atomic mass is 32.2. The number of nitro groups is 1. The molecule has 3 aromatic rings. The van der Waals surface area contributed by atoms with Crippen molar-refractivity contribution < 1.29 is 28.1 Å². The number of hydrogen-bond donors (Lipinski definition) is 3. The van der Waals surface area contributed by atoms with Crippen molar-refractivity contribution >= 4 is 31.2 Å². The zero-order valence-corrected chi connectivity index (χ0v) is 20.5. The largest absolute Gasteiger partial charge is 0.433 e. The number of nitrogens with two attached hydrogens (primary N) is 1. The zero-order valence-electron chi connectivity index (χ0n) is 18.8. The molecule has 3 heterocycles. The molecule has 0 radical (unpaired) electrons. The quantitative estimate of drug-likeness (QED) is 0.185. The predicted molar refractivity (Wildman–Crippen MR) is 131 cm³/mol. The summed E-state index contributed by atoms with van der Waals surface area (Å²) in [6.45, 7) is -0.221. The molecule has 0 spiro atoms. The summed E-state index contributed by atoms with van der Waals surface area (Å²) in [5, 5.41) is 23.2. The van der Waals surface area contributed by atoms with Gasteiger partial charge in [-0.1, -0.05) is 30.3 Å². The molecular weight excluding hydrogens is 513 g/mol. The third-order valence-electron chi connectivity index (χ3n) is 5.25. The Bertz CT molecular complexity index is 1300. The van der Waals surface area contributed by atoms with Gasteiger partial charge in [-0.15, -0.1) is 11.8 Å². The van der Waals surface area contributed by atoms with E-state index in [1.54, 1.807) is 0 Å². The third kappa shape index (κ3) is 6.60. The molecule has 4 unspecified atom stereocenters. The molecule has 192 valence electrons. The van der Waals surface area contributed by atoms with Gasteiger partial charge in [0.2, 0.25) is 0 Å². The minimum atomic E-state index is -3.92. The van der Waals surface area contributed by atoms with Crippen LogP contribution in [-0.2, 0) is 26.8 Å². The summed E-state index contributed by atoms with van der Waals surface area (Å²) in [7, 11) is -3.92. The van der Waals surface area contributed by atoms with Crippen LogP contribution in [0.2, 0.25) is 0 Å². The molecule has 4 atom stereocenters. The van der Waals surface area contributed by atoms with Crippen LogP contribution in [0.15, 0.2) is 63.9 Å². The topological polar surface area (TPSA) is 185 Å². The van der Waals surface area contributed by atoms with E-state index in [0.717, 1.165) is 5.56 Å². The van der Waals surface area contributed by atoms with Gasteiger partial charge >= 0.3 is 19.3 Å². The van der Waals surface area contributed by atoms with Crippen LogP contribution >= 0.6 is 19.5 Å². The fourth-order valence-corrected chi connectivity index (χ4v) is 6.33. The van der Waals surface area contributed by atoms with Crippen LogP contribution in [0.25, 0.3) is 0 Å². The van der Waals surface area contributed by atoms with Crippen LogP contribution < -0.4 is 16.5 Å². The van der Waals surface area contributed by atoms with Crippen LogP contribution in [0.4, 0.5) is 11.7 Å². The Balaban J connectivity index is 1.41. The molecule has 1 aliphatic heterocycles. The van der Waals surface area contributed by atoms with E-state index < -0.39 is 35.7 Å². The van der Waals surface area contributed by atoms with Gasteiger partial charge in [0, 0.05) is 18.0 Å². The molecule has 1 aliphatic rings. The van der Waals surface area contributed by atoms with E-state index in [1.807, 2.05) is 30.3 Å². The maximum Gasteiger partial charge on any atom is 0.433 e. The van der Waals surface area contributed by atoms with Gasteiger partial charge in [0.1, 0.15) is 28.5 Å². The van der Waals surface area contributed by atoms with Gasteiger partial charge < -0.3 is 15.3 Å². The lowest BCUT2D eigenvalue weighted by atomic mass is 10.2. The van der Waals surface area contributed by atoms with E-state index in [-0.39, 0.29) is 43.0 Å². The number of anilines is 1. The van der Waals surface area contributed by atoms with Crippen molar-refractivity contribution in [3.05, 3.63) is 86.7 Å². The highest BCUT2D eigenvalue weighted by Crippen LogP contribution is 2.48. The van der Waals surface area contributed by atoms with Crippen molar-refractivity contribution in [3.63, 3.8) is 0 Å². The standard InChI is InChI=1S/C21H24N5O8PS/c22-18-8-9-25(21(28)24-18)20-17(27)10-16(36-20)13-33-35(31,23-11-14-4-2-1-3-5-14)32-12-15-6-7-19(34-15)26(29)30/h1-9,16-17,20,27H,10-13H2,(H,23,31)(H2,22,24,28). The summed E-state index contributed by atoms with van der Waals surface area (Å²) in [5.74, 6) is -0.276. The maximum absolute atomic E-state index is 13.5. The second-order valence-electron chi connectivity index (χ2n) is 7.88. The molecule has 0 bridgehead atoms. The first-order valence-electron chi connectivity index (χ1n) is 10.8. The van der Waals surface area contributed by atoms with E-state index in [4.69, 9.17) is 19.2 Å². The number of furan rings is 1. The SMILES string of the molecule is Nc1ccn(C2SC(COP(=O)(NCc3ccccc3)OCc3ccc([N+](=O)[O-])o3)CC2O)c(=O)n1. The number of nitrogen functional groups attached to an aromatic ring is 1. The lowest BCUT2D eigenvalue weighted by Gasteiger charge is -2.21. The summed E-state index contributed by atoms with van der Waals surface area (Å²) < 4.78 is 31.1. The Labute approximate surface area is 209 Å². The smallest absolute Gasteiger partial charge is 0.403 e. The summed E-state index contributed by atoms with van der Waals surface area (Å²) in [6.07, 6.45) is 0.870. The Hall–Kier alpha value is -3.00. The normalized spacial score (nSPS) is 21.3. The first-order valence-corrected chi connectivity index (χ1v) is 13.3. The Kier molecular flexibility index (Phi) is 8.24. The van der Waals surface area contributed by atoms with Crippen LogP contribution in [0.5, 0.6) is 0 Å². The van der Waals surface area contributed by atoms with Gasteiger partial charge in [0.05, 0.1) is 18.8 Å². The third-order valence-corrected chi connectivity index (χ3v) is 8.28. The summed E-state index contributed by atoms with van der Waals surface area (Å²) in [6, 6.07) is 13.2. The molecule has 0 amide bonds. The van der Waals surface area contributed by atoms with E-state index >= 15 is 0 Å². The van der Waals surface area contributed by atoms with Gasteiger partial charge in [-0.2, -0.15) is 4.98 Å². The van der Waals surface area contributed by atoms with Gasteiger partial charge in [0.25, 0.3) is 0 Å². The molecule has 0 aliphatic carbocycles. The number of thioether (sulfide) groups is 1. The second-order valence-corrected chi connectivity index (χ2v) is 11.1. The molecule has 1 fully saturated rings. The van der Waals surface area contributed by atoms with Gasteiger partial charge in [-0.05, 0) is 24.1 Å². The molecule has 4 N–H and O–H groups in total. The zero-order chi connectivity index (χ0) is 25.7. The molecule has 2 aromatic heterocycles. The maximum atomic E-state index is 13.5. The van der Waals surface area contributed by atoms with Crippen molar-refractivity contribution in [2.24, 2.45) is 0 Å². The summed E-state index contributed by atoms with van der Waals surface area (Å²) in [4.78, 5) is 26.0. The molecule has 13 nitrogen and oxygen atoms in total. The first kappa shape index (κ1) is 26.1. The predicted octanol–water partition coefficient (Wildman–Crippen LogP) is 2.82. The average Bonchev–Trinajstić information content (AvgIpc) is 3.48. The number of aliphatic hydroxyl groups excluding tert-OH is 1. The molecule has 15 heteroatoms. The number of aliphatic hydroxyl groups is 1. The van der Waals surface area contributed by atoms with Crippen molar-refractivity contribution in [3.8, 4) is 0 Å². The number of nitrogens with zero attached hydrogens (tertiary/aromatic N) is 3. The summed E-state index contributed by atoms with van der Waals surface area (Å²) >= 11 is 1.28. The first-order chi connectivity index (χ1) is 17.2. The minimum Gasteiger partial charge on any atom is -0.403 e. The second kappa shape index (κ2) is 11.4. The number of benzene rings is 1. The van der Waals surface area contributed by atoms with Crippen molar-refractivity contribution in [1.82, 2.24) is 14.6 Å². The van der Waals surface area contributed by atoms with Crippen LogP contribution in [0.1, 0.15) is 23.1 Å². The lowest BCUT2D eigenvalue weighted by Crippen LogP contribution is -2.29. The molecule has 4 rings (SSSR count). The number of hydrogen-bond acceptors (Lipinski definition) is 11. The Morgan fingerprint density at radius 2 is 2.06 bits per heavy atom. The highest BCUT2D eigenvalue weighted by molar-refractivity contribution is 8.00. The molecule has 0 saturated carbocycles.